The van der Waals surface area contributed by atoms with Gasteiger partial charge in [0.2, 0.25) is 0 Å². The summed E-state index contributed by atoms with van der Waals surface area (Å²) in [6.45, 7) is 11.0. The Hall–Kier alpha value is -1.12. The molecule has 1 heterocycles. The topological polar surface area (TPSA) is 12.0 Å². The van der Waals surface area contributed by atoms with Crippen molar-refractivity contribution in [2.24, 2.45) is 0 Å². The lowest BCUT2D eigenvalue weighted by Gasteiger charge is -2.20. The first-order chi connectivity index (χ1) is 8.95. The first-order valence-electron chi connectivity index (χ1n) is 6.86. The van der Waals surface area contributed by atoms with E-state index >= 15 is 0 Å². The van der Waals surface area contributed by atoms with E-state index in [1.54, 1.807) is 0 Å². The maximum absolute atomic E-state index is 3.69. The molecule has 1 aromatic heterocycles. The molecule has 0 aliphatic rings. The Morgan fingerprint density at radius 3 is 2.05 bits per heavy atom. The van der Waals surface area contributed by atoms with Crippen LogP contribution in [-0.4, -0.2) is 0 Å². The maximum atomic E-state index is 3.69. The van der Waals surface area contributed by atoms with E-state index in [-0.39, 0.29) is 0 Å². The van der Waals surface area contributed by atoms with Crippen molar-refractivity contribution < 1.29 is 0 Å². The SMILES string of the molecule is Cc1cc(C)cc(C(C)NC(C)c2ccc(C)s2)c1. The highest BCUT2D eigenvalue weighted by molar-refractivity contribution is 7.12. The van der Waals surface area contributed by atoms with Gasteiger partial charge in [0, 0.05) is 21.8 Å². The second-order valence-corrected chi connectivity index (χ2v) is 6.80. The van der Waals surface area contributed by atoms with Gasteiger partial charge in [-0.1, -0.05) is 29.3 Å². The van der Waals surface area contributed by atoms with Gasteiger partial charge in [0.05, 0.1) is 0 Å². The second-order valence-electron chi connectivity index (χ2n) is 5.48. The van der Waals surface area contributed by atoms with Crippen LogP contribution in [0.15, 0.2) is 30.3 Å². The van der Waals surface area contributed by atoms with Crippen molar-refractivity contribution >= 4 is 11.3 Å². The van der Waals surface area contributed by atoms with Crippen LogP contribution in [0.1, 0.15) is 52.4 Å². The molecule has 102 valence electrons. The van der Waals surface area contributed by atoms with E-state index in [0.29, 0.717) is 12.1 Å². The van der Waals surface area contributed by atoms with Gasteiger partial charge in [0.1, 0.15) is 0 Å². The van der Waals surface area contributed by atoms with Gasteiger partial charge >= 0.3 is 0 Å². The van der Waals surface area contributed by atoms with E-state index in [2.05, 4.69) is 70.3 Å². The van der Waals surface area contributed by atoms with Gasteiger partial charge in [0.25, 0.3) is 0 Å². The normalized spacial score (nSPS) is 14.4. The van der Waals surface area contributed by atoms with E-state index in [0.717, 1.165) is 0 Å². The molecule has 19 heavy (non-hydrogen) atoms. The zero-order valence-electron chi connectivity index (χ0n) is 12.4. The summed E-state index contributed by atoms with van der Waals surface area (Å²) in [5, 5.41) is 3.69. The molecule has 2 unspecified atom stereocenters. The molecule has 0 aliphatic carbocycles. The molecule has 2 rings (SSSR count). The molecule has 2 atom stereocenters. The largest absolute Gasteiger partial charge is 0.303 e. The quantitative estimate of drug-likeness (QED) is 0.818. The molecule has 0 fully saturated rings. The average Bonchev–Trinajstić information content (AvgIpc) is 2.74. The van der Waals surface area contributed by atoms with Crippen molar-refractivity contribution in [3.63, 3.8) is 0 Å². The number of hydrogen-bond acceptors (Lipinski definition) is 2. The van der Waals surface area contributed by atoms with Gasteiger partial charge in [-0.15, -0.1) is 11.3 Å². The molecule has 0 saturated carbocycles. The summed E-state index contributed by atoms with van der Waals surface area (Å²) in [5.41, 5.74) is 4.05. The summed E-state index contributed by atoms with van der Waals surface area (Å²) in [5.74, 6) is 0. The lowest BCUT2D eigenvalue weighted by Crippen LogP contribution is -2.22. The van der Waals surface area contributed by atoms with E-state index in [4.69, 9.17) is 0 Å². The van der Waals surface area contributed by atoms with Crippen LogP contribution >= 0.6 is 11.3 Å². The van der Waals surface area contributed by atoms with Crippen LogP contribution in [0.2, 0.25) is 0 Å². The highest BCUT2D eigenvalue weighted by Gasteiger charge is 2.13. The molecule has 1 aromatic carbocycles. The third-order valence-electron chi connectivity index (χ3n) is 3.43. The lowest BCUT2D eigenvalue weighted by molar-refractivity contribution is 0.500. The third kappa shape index (κ3) is 3.68. The molecular weight excluding hydrogens is 250 g/mol. The molecule has 1 nitrogen and oxygen atoms in total. The van der Waals surface area contributed by atoms with Crippen molar-refractivity contribution in [1.82, 2.24) is 5.32 Å². The first kappa shape index (κ1) is 14.3. The Labute approximate surface area is 120 Å². The Morgan fingerprint density at radius 2 is 1.53 bits per heavy atom. The van der Waals surface area contributed by atoms with Crippen LogP contribution in [0.25, 0.3) is 0 Å². The second kappa shape index (κ2) is 5.89. The number of aryl methyl sites for hydroxylation is 3. The standard InChI is InChI=1S/C17H23NS/c1-11-8-12(2)10-16(9-11)14(4)18-15(5)17-7-6-13(3)19-17/h6-10,14-15,18H,1-5H3. The molecule has 0 amide bonds. The zero-order chi connectivity index (χ0) is 14.0. The number of nitrogens with one attached hydrogen (secondary N) is 1. The summed E-state index contributed by atoms with van der Waals surface area (Å²) in [6.07, 6.45) is 0. The Bertz CT molecular complexity index is 536. The fourth-order valence-corrected chi connectivity index (χ4v) is 3.39. The highest BCUT2D eigenvalue weighted by atomic mass is 32.1. The molecule has 0 bridgehead atoms. The molecule has 0 saturated heterocycles. The van der Waals surface area contributed by atoms with E-state index in [1.807, 2.05) is 11.3 Å². The average molecular weight is 273 g/mol. The fraction of sp³-hybridized carbons (Fsp3) is 0.412. The molecule has 2 aromatic rings. The van der Waals surface area contributed by atoms with Crippen molar-refractivity contribution in [1.29, 1.82) is 0 Å². The van der Waals surface area contributed by atoms with Gasteiger partial charge in [0.15, 0.2) is 0 Å². The van der Waals surface area contributed by atoms with Gasteiger partial charge in [-0.05, 0) is 52.3 Å². The lowest BCUT2D eigenvalue weighted by atomic mass is 10.0. The van der Waals surface area contributed by atoms with Gasteiger partial charge in [-0.25, -0.2) is 0 Å². The zero-order valence-corrected chi connectivity index (χ0v) is 13.3. The van der Waals surface area contributed by atoms with Crippen LogP contribution in [0.3, 0.4) is 0 Å². The number of rotatable bonds is 4. The fourth-order valence-electron chi connectivity index (χ4n) is 2.50. The summed E-state index contributed by atoms with van der Waals surface area (Å²) in [4.78, 5) is 2.79. The van der Waals surface area contributed by atoms with Crippen molar-refractivity contribution in [3.05, 3.63) is 56.8 Å². The molecule has 0 aliphatic heterocycles. The summed E-state index contributed by atoms with van der Waals surface area (Å²) in [6, 6.07) is 12.0. The summed E-state index contributed by atoms with van der Waals surface area (Å²) >= 11 is 1.88. The molecule has 2 heteroatoms. The maximum Gasteiger partial charge on any atom is 0.0391 e. The number of hydrogen-bond donors (Lipinski definition) is 1. The minimum Gasteiger partial charge on any atom is -0.303 e. The minimum absolute atomic E-state index is 0.371. The monoisotopic (exact) mass is 273 g/mol. The Kier molecular flexibility index (Phi) is 4.43. The van der Waals surface area contributed by atoms with Crippen LogP contribution < -0.4 is 5.32 Å². The van der Waals surface area contributed by atoms with Crippen LogP contribution in [0, 0.1) is 20.8 Å². The van der Waals surface area contributed by atoms with E-state index in [9.17, 15) is 0 Å². The van der Waals surface area contributed by atoms with Crippen LogP contribution in [0.4, 0.5) is 0 Å². The van der Waals surface area contributed by atoms with Gasteiger partial charge in [-0.3, -0.25) is 0 Å². The predicted molar refractivity (Wildman–Crippen MR) is 84.9 cm³/mol. The molecular formula is C17H23NS. The van der Waals surface area contributed by atoms with Gasteiger partial charge in [-0.2, -0.15) is 0 Å². The van der Waals surface area contributed by atoms with Crippen molar-refractivity contribution in [2.75, 3.05) is 0 Å². The molecule has 1 N–H and O–H groups in total. The highest BCUT2D eigenvalue weighted by Crippen LogP contribution is 2.25. The van der Waals surface area contributed by atoms with Crippen LogP contribution in [-0.2, 0) is 0 Å². The number of thiophene rings is 1. The predicted octanol–water partition coefficient (Wildman–Crippen LogP) is 5.09. The Morgan fingerprint density at radius 1 is 0.895 bits per heavy atom. The molecule has 0 radical (unpaired) electrons. The molecule has 0 spiro atoms. The number of benzene rings is 1. The van der Waals surface area contributed by atoms with Crippen LogP contribution in [0.5, 0.6) is 0 Å². The third-order valence-corrected chi connectivity index (χ3v) is 4.62. The van der Waals surface area contributed by atoms with Crippen molar-refractivity contribution in [2.45, 2.75) is 46.7 Å². The summed E-state index contributed by atoms with van der Waals surface area (Å²) in [7, 11) is 0. The van der Waals surface area contributed by atoms with E-state index in [1.165, 1.54) is 26.4 Å². The Balaban J connectivity index is 2.10. The van der Waals surface area contributed by atoms with E-state index < -0.39 is 0 Å². The van der Waals surface area contributed by atoms with Crippen molar-refractivity contribution in [3.8, 4) is 0 Å². The minimum atomic E-state index is 0.371. The van der Waals surface area contributed by atoms with Gasteiger partial charge < -0.3 is 5.32 Å². The first-order valence-corrected chi connectivity index (χ1v) is 7.68. The smallest absolute Gasteiger partial charge is 0.0391 e. The summed E-state index contributed by atoms with van der Waals surface area (Å²) < 4.78 is 0.